The van der Waals surface area contributed by atoms with E-state index in [1.807, 2.05) is 13.8 Å². The average molecular weight is 520 g/mol. The minimum absolute atomic E-state index is 0.0558. The van der Waals surface area contributed by atoms with Crippen molar-refractivity contribution in [2.75, 3.05) is 0 Å². The molecule has 2 saturated heterocycles. The van der Waals surface area contributed by atoms with Crippen molar-refractivity contribution >= 4 is 17.8 Å². The number of fused-ring (bicyclic) bond motifs is 2. The zero-order chi connectivity index (χ0) is 27.3. The van der Waals surface area contributed by atoms with Crippen molar-refractivity contribution in [2.24, 2.45) is 29.1 Å². The van der Waals surface area contributed by atoms with Crippen LogP contribution in [0.1, 0.15) is 78.8 Å². The van der Waals surface area contributed by atoms with E-state index in [1.165, 1.54) is 6.26 Å². The molecule has 1 aromatic rings. The van der Waals surface area contributed by atoms with Crippen molar-refractivity contribution in [3.8, 4) is 0 Å². The van der Waals surface area contributed by atoms with Crippen molar-refractivity contribution in [1.82, 2.24) is 4.98 Å². The van der Waals surface area contributed by atoms with Crippen LogP contribution >= 0.6 is 0 Å². The SMILES string of the molecule is C/C(=C\c1coc(CO)n1)[C@H]1CC2OC2(C)CC2CC2[C@H](C)[C@@H](O)[C@@H](C)C(=O)C(C)(C)[C@@H](O)CC(=O)O1. The zero-order valence-electron chi connectivity index (χ0n) is 22.6. The summed E-state index contributed by atoms with van der Waals surface area (Å²) in [5.41, 5.74) is -0.352. The molecule has 0 aromatic carbocycles. The van der Waals surface area contributed by atoms with Gasteiger partial charge in [0, 0.05) is 12.3 Å². The quantitative estimate of drug-likeness (QED) is 0.405. The van der Waals surface area contributed by atoms with E-state index in [9.17, 15) is 24.9 Å². The number of aromatic nitrogens is 1. The van der Waals surface area contributed by atoms with Crippen LogP contribution in [-0.4, -0.2) is 62.1 Å². The molecule has 9 atom stereocenters. The number of carbonyl (C=O) groups excluding carboxylic acids is 2. The zero-order valence-corrected chi connectivity index (χ0v) is 22.6. The Labute approximate surface area is 218 Å². The topological polar surface area (TPSA) is 143 Å². The molecule has 3 N–H and O–H groups in total. The van der Waals surface area contributed by atoms with Crippen LogP contribution in [0.15, 0.2) is 16.3 Å². The summed E-state index contributed by atoms with van der Waals surface area (Å²) in [4.78, 5) is 30.5. The first kappa shape index (κ1) is 28.0. The Kier molecular flexibility index (Phi) is 7.74. The summed E-state index contributed by atoms with van der Waals surface area (Å²) in [5.74, 6) is -0.717. The van der Waals surface area contributed by atoms with Gasteiger partial charge in [0.15, 0.2) is 0 Å². The number of nitrogens with zero attached hydrogens (tertiary/aromatic N) is 1. The number of carbonyl (C=O) groups is 2. The van der Waals surface area contributed by atoms with Gasteiger partial charge in [-0.3, -0.25) is 9.59 Å². The summed E-state index contributed by atoms with van der Waals surface area (Å²) in [6.45, 7) is 10.5. The maximum Gasteiger partial charge on any atom is 0.309 e. The third-order valence-electron chi connectivity index (χ3n) is 8.94. The van der Waals surface area contributed by atoms with Gasteiger partial charge in [0.2, 0.25) is 5.89 Å². The van der Waals surface area contributed by atoms with E-state index in [4.69, 9.17) is 13.9 Å². The monoisotopic (exact) mass is 519 g/mol. The van der Waals surface area contributed by atoms with Crippen molar-refractivity contribution in [2.45, 2.75) is 104 Å². The van der Waals surface area contributed by atoms with Gasteiger partial charge >= 0.3 is 5.97 Å². The Bertz CT molecular complexity index is 1050. The highest BCUT2D eigenvalue weighted by Crippen LogP contribution is 2.56. The lowest BCUT2D eigenvalue weighted by Gasteiger charge is -2.34. The number of aliphatic hydroxyl groups is 3. The molecule has 3 heterocycles. The van der Waals surface area contributed by atoms with Gasteiger partial charge in [-0.1, -0.05) is 27.7 Å². The Morgan fingerprint density at radius 3 is 2.54 bits per heavy atom. The second kappa shape index (κ2) is 10.2. The Hall–Kier alpha value is -2.07. The predicted molar refractivity (Wildman–Crippen MR) is 134 cm³/mol. The first-order valence-corrected chi connectivity index (χ1v) is 13.3. The summed E-state index contributed by atoms with van der Waals surface area (Å²) >= 11 is 0. The van der Waals surface area contributed by atoms with E-state index in [0.29, 0.717) is 24.0 Å². The number of esters is 1. The number of oxazole rings is 1. The third-order valence-corrected chi connectivity index (χ3v) is 8.94. The van der Waals surface area contributed by atoms with Crippen LogP contribution in [0.3, 0.4) is 0 Å². The minimum atomic E-state index is -1.27. The van der Waals surface area contributed by atoms with Gasteiger partial charge in [0.1, 0.15) is 30.5 Å². The summed E-state index contributed by atoms with van der Waals surface area (Å²) in [7, 11) is 0. The number of hydrogen-bond donors (Lipinski definition) is 3. The smallest absolute Gasteiger partial charge is 0.309 e. The Morgan fingerprint density at radius 1 is 1.19 bits per heavy atom. The van der Waals surface area contributed by atoms with Crippen molar-refractivity contribution in [1.29, 1.82) is 0 Å². The molecule has 4 unspecified atom stereocenters. The predicted octanol–water partition coefficient (Wildman–Crippen LogP) is 3.05. The van der Waals surface area contributed by atoms with Crippen molar-refractivity contribution in [3.63, 3.8) is 0 Å². The van der Waals surface area contributed by atoms with Crippen LogP contribution in [-0.2, 0) is 25.7 Å². The molecule has 3 aliphatic rings. The fourth-order valence-corrected chi connectivity index (χ4v) is 5.98. The molecule has 1 aliphatic carbocycles. The van der Waals surface area contributed by atoms with Crippen LogP contribution in [0.4, 0.5) is 0 Å². The van der Waals surface area contributed by atoms with Crippen molar-refractivity contribution in [3.05, 3.63) is 23.4 Å². The number of ether oxygens (including phenoxy) is 2. The molecule has 4 rings (SSSR count). The lowest BCUT2D eigenvalue weighted by atomic mass is 9.72. The first-order chi connectivity index (χ1) is 17.3. The Balaban J connectivity index is 1.59. The average Bonchev–Trinajstić information content (AvgIpc) is 3.68. The Morgan fingerprint density at radius 2 is 1.89 bits per heavy atom. The van der Waals surface area contributed by atoms with Gasteiger partial charge in [-0.05, 0) is 56.1 Å². The molecule has 0 bridgehead atoms. The van der Waals surface area contributed by atoms with Gasteiger partial charge in [-0.15, -0.1) is 0 Å². The number of ketones is 1. The number of epoxide rings is 1. The fraction of sp³-hybridized carbons (Fsp3) is 0.750. The van der Waals surface area contributed by atoms with E-state index in [0.717, 1.165) is 18.4 Å². The summed E-state index contributed by atoms with van der Waals surface area (Å²) < 4.78 is 17.2. The van der Waals surface area contributed by atoms with E-state index in [1.54, 1.807) is 26.8 Å². The highest BCUT2D eigenvalue weighted by Gasteiger charge is 2.58. The van der Waals surface area contributed by atoms with E-state index < -0.39 is 35.6 Å². The second-order valence-electron chi connectivity index (χ2n) is 12.2. The lowest BCUT2D eigenvalue weighted by molar-refractivity contribution is -0.154. The molecule has 0 amide bonds. The van der Waals surface area contributed by atoms with Crippen LogP contribution in [0.2, 0.25) is 0 Å². The molecule has 9 heteroatoms. The fourth-order valence-electron chi connectivity index (χ4n) is 5.98. The van der Waals surface area contributed by atoms with Gasteiger partial charge in [-0.2, -0.15) is 0 Å². The van der Waals surface area contributed by atoms with Crippen LogP contribution in [0.25, 0.3) is 6.08 Å². The molecule has 0 radical (unpaired) electrons. The van der Waals surface area contributed by atoms with Crippen LogP contribution < -0.4 is 0 Å². The molecule has 9 nitrogen and oxygen atoms in total. The summed E-state index contributed by atoms with van der Waals surface area (Å²) in [6, 6.07) is 0. The molecular formula is C28H41NO8. The van der Waals surface area contributed by atoms with Crippen LogP contribution in [0, 0.1) is 29.1 Å². The first-order valence-electron chi connectivity index (χ1n) is 13.3. The molecule has 0 spiro atoms. The number of hydrogen-bond acceptors (Lipinski definition) is 9. The maximum atomic E-state index is 13.3. The lowest BCUT2D eigenvalue weighted by Crippen LogP contribution is -2.46. The minimum Gasteiger partial charge on any atom is -0.458 e. The van der Waals surface area contributed by atoms with E-state index in [-0.39, 0.29) is 42.3 Å². The molecule has 37 heavy (non-hydrogen) atoms. The number of aliphatic hydroxyl groups excluding tert-OH is 3. The third kappa shape index (κ3) is 5.85. The number of Topliss-reactive ketones (excluding diaryl/α,β-unsaturated/α-hetero) is 1. The van der Waals surface area contributed by atoms with E-state index in [2.05, 4.69) is 11.9 Å². The summed E-state index contributed by atoms with van der Waals surface area (Å²) in [5, 5.41) is 31.2. The van der Waals surface area contributed by atoms with Gasteiger partial charge in [-0.25, -0.2) is 4.98 Å². The van der Waals surface area contributed by atoms with E-state index >= 15 is 0 Å². The maximum absolute atomic E-state index is 13.3. The second-order valence-corrected chi connectivity index (χ2v) is 12.2. The van der Waals surface area contributed by atoms with Gasteiger partial charge in [0.25, 0.3) is 0 Å². The normalized spacial score (nSPS) is 40.9. The molecule has 1 saturated carbocycles. The molecule has 206 valence electrons. The summed E-state index contributed by atoms with van der Waals surface area (Å²) in [6.07, 6.45) is 2.26. The largest absolute Gasteiger partial charge is 0.458 e. The number of rotatable bonds is 3. The van der Waals surface area contributed by atoms with Crippen LogP contribution in [0.5, 0.6) is 0 Å². The molecule has 1 aromatic heterocycles. The van der Waals surface area contributed by atoms with Crippen molar-refractivity contribution < 1.29 is 38.8 Å². The molecular weight excluding hydrogens is 478 g/mol. The number of cyclic esters (lactones) is 1. The van der Waals surface area contributed by atoms with Gasteiger partial charge < -0.3 is 29.2 Å². The highest BCUT2D eigenvalue weighted by atomic mass is 16.6. The standard InChI is InChI=1S/C28H41NO8/c1-14(7-18-13-35-23(12-30)29-18)20-9-22-28(6,37-22)11-17-8-19(17)15(2)25(33)16(3)26(34)27(4,5)21(31)10-24(32)36-20/h7,13,15-17,19-22,25,30-31,33H,8-12H2,1-6H3/b14-7+/t15-,16+,17?,19?,20+,21-,22?,25+,28?/m0/s1. The highest BCUT2D eigenvalue weighted by molar-refractivity contribution is 5.88. The van der Waals surface area contributed by atoms with Gasteiger partial charge in [0.05, 0.1) is 35.7 Å². The molecule has 3 fully saturated rings. The molecule has 2 aliphatic heterocycles.